The van der Waals surface area contributed by atoms with Crippen molar-refractivity contribution in [2.45, 2.75) is 66.2 Å². The van der Waals surface area contributed by atoms with Crippen molar-refractivity contribution >= 4 is 11.6 Å². The Labute approximate surface area is 150 Å². The summed E-state index contributed by atoms with van der Waals surface area (Å²) >= 11 is 0. The number of carbonyl (C=O) groups is 2. The Hall–Kier alpha value is -2.16. The number of allylic oxidation sites excluding steroid dienone is 4. The first-order valence-electron chi connectivity index (χ1n) is 9.00. The second kappa shape index (κ2) is 7.81. The van der Waals surface area contributed by atoms with Gasteiger partial charge in [0.2, 0.25) is 0 Å². The zero-order valence-corrected chi connectivity index (χ0v) is 15.9. The van der Waals surface area contributed by atoms with Crippen LogP contribution in [0.3, 0.4) is 0 Å². The Morgan fingerprint density at radius 2 is 1.92 bits per heavy atom. The molecule has 1 aliphatic rings. The molecule has 0 saturated heterocycles. The number of aryl methyl sites for hydroxylation is 2. The standard InChI is InChI=1S/C22H28O3/c1-6-8-9-17-13(3)10-14(4)21(15(17)5)16-11-19(24)22(18(23)7-2)20(25)12-16/h6,8,10,16,24H,7,9,11-12H2,1-5H3/b8-6+. The number of Topliss-reactive ketones (excluding diaryl/α,β-unsaturated/α-hetero) is 2. The molecule has 0 heterocycles. The van der Waals surface area contributed by atoms with Crippen LogP contribution >= 0.6 is 0 Å². The zero-order chi connectivity index (χ0) is 18.7. The molecule has 2 rings (SSSR count). The van der Waals surface area contributed by atoms with E-state index in [2.05, 4.69) is 32.9 Å². The lowest BCUT2D eigenvalue weighted by Gasteiger charge is -2.27. The number of carbonyl (C=O) groups excluding carboxylic acids is 2. The molecule has 1 unspecified atom stereocenters. The first-order valence-corrected chi connectivity index (χ1v) is 9.00. The number of aliphatic hydroxyl groups excluding tert-OH is 1. The average molecular weight is 340 g/mol. The molecule has 3 nitrogen and oxygen atoms in total. The molecular formula is C22H28O3. The van der Waals surface area contributed by atoms with Gasteiger partial charge in [-0.15, -0.1) is 0 Å². The number of rotatable bonds is 5. The third-order valence-electron chi connectivity index (χ3n) is 5.20. The summed E-state index contributed by atoms with van der Waals surface area (Å²) in [5.41, 5.74) is 6.05. The number of benzene rings is 1. The Morgan fingerprint density at radius 3 is 2.48 bits per heavy atom. The fourth-order valence-corrected chi connectivity index (χ4v) is 4.01. The molecule has 1 atom stereocenters. The van der Waals surface area contributed by atoms with E-state index in [1.165, 1.54) is 16.7 Å². The minimum atomic E-state index is -0.257. The minimum absolute atomic E-state index is 0.0234. The third-order valence-corrected chi connectivity index (χ3v) is 5.20. The summed E-state index contributed by atoms with van der Waals surface area (Å²) < 4.78 is 0. The van der Waals surface area contributed by atoms with Crippen molar-refractivity contribution < 1.29 is 14.7 Å². The lowest BCUT2D eigenvalue weighted by Crippen LogP contribution is -2.24. The average Bonchev–Trinajstić information content (AvgIpc) is 2.53. The third kappa shape index (κ3) is 3.76. The summed E-state index contributed by atoms with van der Waals surface area (Å²) in [6.45, 7) is 10.0. The summed E-state index contributed by atoms with van der Waals surface area (Å²) in [5.74, 6) is -0.588. The van der Waals surface area contributed by atoms with Crippen molar-refractivity contribution in [3.63, 3.8) is 0 Å². The molecule has 0 bridgehead atoms. The quantitative estimate of drug-likeness (QED) is 0.608. The van der Waals surface area contributed by atoms with Crippen LogP contribution in [0.25, 0.3) is 0 Å². The normalized spacial score (nSPS) is 18.3. The monoisotopic (exact) mass is 340 g/mol. The van der Waals surface area contributed by atoms with Gasteiger partial charge in [0.25, 0.3) is 0 Å². The summed E-state index contributed by atoms with van der Waals surface area (Å²) in [6, 6.07) is 2.17. The van der Waals surface area contributed by atoms with Gasteiger partial charge in [0.1, 0.15) is 5.76 Å². The van der Waals surface area contributed by atoms with E-state index in [4.69, 9.17) is 0 Å². The minimum Gasteiger partial charge on any atom is -0.511 e. The molecule has 1 aliphatic carbocycles. The molecule has 0 fully saturated rings. The molecule has 3 heteroatoms. The van der Waals surface area contributed by atoms with Crippen LogP contribution in [-0.4, -0.2) is 16.7 Å². The van der Waals surface area contributed by atoms with Gasteiger partial charge in [0.15, 0.2) is 11.6 Å². The van der Waals surface area contributed by atoms with E-state index >= 15 is 0 Å². The number of ketones is 2. The smallest absolute Gasteiger partial charge is 0.170 e. The van der Waals surface area contributed by atoms with Crippen LogP contribution in [-0.2, 0) is 16.0 Å². The SMILES string of the molecule is C/C=C/Cc1c(C)cc(C)c(C2CC(=O)C(C(=O)CC)=C(O)C2)c1C. The van der Waals surface area contributed by atoms with E-state index < -0.39 is 0 Å². The van der Waals surface area contributed by atoms with Crippen molar-refractivity contribution in [1.29, 1.82) is 0 Å². The van der Waals surface area contributed by atoms with E-state index in [0.29, 0.717) is 12.8 Å². The Balaban J connectivity index is 2.48. The first kappa shape index (κ1) is 19.2. The Kier molecular flexibility index (Phi) is 5.99. The van der Waals surface area contributed by atoms with Crippen LogP contribution in [0.4, 0.5) is 0 Å². The van der Waals surface area contributed by atoms with E-state index in [9.17, 15) is 14.7 Å². The molecule has 1 aromatic carbocycles. The molecule has 25 heavy (non-hydrogen) atoms. The maximum absolute atomic E-state index is 12.5. The highest BCUT2D eigenvalue weighted by Crippen LogP contribution is 2.39. The molecule has 134 valence electrons. The van der Waals surface area contributed by atoms with Crippen LogP contribution < -0.4 is 0 Å². The molecule has 0 saturated carbocycles. The van der Waals surface area contributed by atoms with Crippen LogP contribution in [0, 0.1) is 20.8 Å². The van der Waals surface area contributed by atoms with Gasteiger partial charge in [0.05, 0.1) is 5.57 Å². The molecule has 1 N–H and O–H groups in total. The van der Waals surface area contributed by atoms with Crippen LogP contribution in [0.15, 0.2) is 29.6 Å². The number of aliphatic hydroxyl groups is 1. The second-order valence-electron chi connectivity index (χ2n) is 6.93. The molecule has 1 aromatic rings. The molecular weight excluding hydrogens is 312 g/mol. The zero-order valence-electron chi connectivity index (χ0n) is 15.9. The maximum atomic E-state index is 12.5. The van der Waals surface area contributed by atoms with Gasteiger partial charge in [-0.3, -0.25) is 9.59 Å². The van der Waals surface area contributed by atoms with Gasteiger partial charge >= 0.3 is 0 Å². The van der Waals surface area contributed by atoms with Crippen molar-refractivity contribution in [3.05, 3.63) is 57.4 Å². The summed E-state index contributed by atoms with van der Waals surface area (Å²) in [7, 11) is 0. The van der Waals surface area contributed by atoms with Gasteiger partial charge in [-0.25, -0.2) is 0 Å². The summed E-state index contributed by atoms with van der Waals surface area (Å²) in [4.78, 5) is 24.4. The van der Waals surface area contributed by atoms with E-state index in [1.807, 2.05) is 13.0 Å². The van der Waals surface area contributed by atoms with Crippen molar-refractivity contribution in [2.75, 3.05) is 0 Å². The summed E-state index contributed by atoms with van der Waals surface area (Å²) in [6.07, 6.45) is 5.94. The van der Waals surface area contributed by atoms with Crippen molar-refractivity contribution in [3.8, 4) is 0 Å². The summed E-state index contributed by atoms with van der Waals surface area (Å²) in [5, 5.41) is 10.3. The highest BCUT2D eigenvalue weighted by atomic mass is 16.3. The highest BCUT2D eigenvalue weighted by molar-refractivity contribution is 6.21. The molecule has 0 aromatic heterocycles. The largest absolute Gasteiger partial charge is 0.511 e. The molecule has 0 spiro atoms. The first-order chi connectivity index (χ1) is 11.8. The van der Waals surface area contributed by atoms with Gasteiger partial charge in [-0.1, -0.05) is 25.1 Å². The number of hydrogen-bond donors (Lipinski definition) is 1. The van der Waals surface area contributed by atoms with E-state index in [-0.39, 0.29) is 35.2 Å². The number of hydrogen-bond acceptors (Lipinski definition) is 3. The fraction of sp³-hybridized carbons (Fsp3) is 0.455. The van der Waals surface area contributed by atoms with E-state index in [0.717, 1.165) is 17.5 Å². The predicted molar refractivity (Wildman–Crippen MR) is 101 cm³/mol. The predicted octanol–water partition coefficient (Wildman–Crippen LogP) is 4.97. The van der Waals surface area contributed by atoms with Crippen molar-refractivity contribution in [2.24, 2.45) is 0 Å². The topological polar surface area (TPSA) is 54.4 Å². The lowest BCUT2D eigenvalue weighted by atomic mass is 9.76. The highest BCUT2D eigenvalue weighted by Gasteiger charge is 2.33. The molecule has 0 radical (unpaired) electrons. The van der Waals surface area contributed by atoms with Crippen LogP contribution in [0.1, 0.15) is 66.8 Å². The van der Waals surface area contributed by atoms with Gasteiger partial charge in [0, 0.05) is 19.3 Å². The fourth-order valence-electron chi connectivity index (χ4n) is 4.01. The maximum Gasteiger partial charge on any atom is 0.170 e. The van der Waals surface area contributed by atoms with Crippen LogP contribution in [0.5, 0.6) is 0 Å². The van der Waals surface area contributed by atoms with Gasteiger partial charge < -0.3 is 5.11 Å². The lowest BCUT2D eigenvalue weighted by molar-refractivity contribution is -0.122. The van der Waals surface area contributed by atoms with Crippen molar-refractivity contribution in [1.82, 2.24) is 0 Å². The molecule has 0 amide bonds. The Bertz CT molecular complexity index is 766. The second-order valence-corrected chi connectivity index (χ2v) is 6.93. The van der Waals surface area contributed by atoms with Gasteiger partial charge in [-0.2, -0.15) is 0 Å². The van der Waals surface area contributed by atoms with E-state index in [1.54, 1.807) is 6.92 Å². The Morgan fingerprint density at radius 1 is 1.24 bits per heavy atom. The van der Waals surface area contributed by atoms with Crippen LogP contribution in [0.2, 0.25) is 0 Å². The van der Waals surface area contributed by atoms with Gasteiger partial charge in [-0.05, 0) is 67.9 Å². The molecule has 0 aliphatic heterocycles.